The molecular formula is C5H7NO3. The molecule has 4 heteroatoms. The predicted octanol–water partition coefficient (Wildman–Crippen LogP) is -0.0000800. The van der Waals surface area contributed by atoms with Crippen LogP contribution in [0.5, 0.6) is 0 Å². The maximum atomic E-state index is 10.3. The standard InChI is InChI=1S/C5H7NO3/c1-3-4(2-6)9-5(7)8-3/h2,6H2,1H3. The van der Waals surface area contributed by atoms with Gasteiger partial charge in [0.25, 0.3) is 0 Å². The zero-order chi connectivity index (χ0) is 6.85. The summed E-state index contributed by atoms with van der Waals surface area (Å²) < 4.78 is 9.02. The van der Waals surface area contributed by atoms with Crippen LogP contribution < -0.4 is 11.6 Å². The van der Waals surface area contributed by atoms with Gasteiger partial charge in [0.2, 0.25) is 0 Å². The van der Waals surface area contributed by atoms with Crippen LogP contribution in [-0.2, 0) is 6.54 Å². The van der Waals surface area contributed by atoms with E-state index in [1.54, 1.807) is 6.92 Å². The molecule has 0 amide bonds. The van der Waals surface area contributed by atoms with Crippen molar-refractivity contribution < 1.29 is 8.83 Å². The topological polar surface area (TPSA) is 69.4 Å². The van der Waals surface area contributed by atoms with E-state index in [4.69, 9.17) is 5.73 Å². The lowest BCUT2D eigenvalue weighted by Crippen LogP contribution is -1.96. The van der Waals surface area contributed by atoms with Crippen molar-refractivity contribution in [2.75, 3.05) is 0 Å². The zero-order valence-corrected chi connectivity index (χ0v) is 5.01. The summed E-state index contributed by atoms with van der Waals surface area (Å²) in [5.41, 5.74) is 5.17. The van der Waals surface area contributed by atoms with Gasteiger partial charge < -0.3 is 14.6 Å². The largest absolute Gasteiger partial charge is 0.519 e. The van der Waals surface area contributed by atoms with E-state index in [2.05, 4.69) is 8.83 Å². The van der Waals surface area contributed by atoms with Crippen molar-refractivity contribution in [3.05, 3.63) is 22.1 Å². The average Bonchev–Trinajstić information content (AvgIpc) is 2.10. The Labute approximate surface area is 51.3 Å². The minimum atomic E-state index is -0.687. The number of hydrogen-bond donors (Lipinski definition) is 1. The third-order valence-corrected chi connectivity index (χ3v) is 1.02. The summed E-state index contributed by atoms with van der Waals surface area (Å²) in [5, 5.41) is 0. The maximum absolute atomic E-state index is 10.3. The highest BCUT2D eigenvalue weighted by Crippen LogP contribution is 2.01. The van der Waals surface area contributed by atoms with Crippen LogP contribution in [0.3, 0.4) is 0 Å². The fourth-order valence-electron chi connectivity index (χ4n) is 0.561. The van der Waals surface area contributed by atoms with Gasteiger partial charge in [0.1, 0.15) is 5.76 Å². The van der Waals surface area contributed by atoms with Gasteiger partial charge in [-0.3, -0.25) is 0 Å². The summed E-state index contributed by atoms with van der Waals surface area (Å²) in [6, 6.07) is 0. The van der Waals surface area contributed by atoms with E-state index >= 15 is 0 Å². The van der Waals surface area contributed by atoms with Gasteiger partial charge in [-0.2, -0.15) is 0 Å². The highest BCUT2D eigenvalue weighted by Gasteiger charge is 2.03. The molecule has 1 aromatic rings. The van der Waals surface area contributed by atoms with Crippen molar-refractivity contribution in [1.29, 1.82) is 0 Å². The summed E-state index contributed by atoms with van der Waals surface area (Å²) in [5.74, 6) is 0.190. The normalized spacial score (nSPS) is 10.0. The minimum absolute atomic E-state index is 0.206. The molecule has 0 aliphatic rings. The third-order valence-electron chi connectivity index (χ3n) is 1.02. The molecule has 4 nitrogen and oxygen atoms in total. The van der Waals surface area contributed by atoms with Crippen molar-refractivity contribution in [2.45, 2.75) is 13.5 Å². The first-order valence-electron chi connectivity index (χ1n) is 2.53. The average molecular weight is 129 g/mol. The van der Waals surface area contributed by atoms with Crippen LogP contribution >= 0.6 is 0 Å². The van der Waals surface area contributed by atoms with Gasteiger partial charge in [0.05, 0.1) is 6.54 Å². The van der Waals surface area contributed by atoms with Crippen molar-refractivity contribution >= 4 is 0 Å². The van der Waals surface area contributed by atoms with E-state index in [0.717, 1.165) is 0 Å². The molecule has 0 bridgehead atoms. The second-order valence-corrected chi connectivity index (χ2v) is 1.64. The van der Waals surface area contributed by atoms with Crippen LogP contribution in [0.25, 0.3) is 0 Å². The van der Waals surface area contributed by atoms with E-state index in [1.165, 1.54) is 0 Å². The fraction of sp³-hybridized carbons (Fsp3) is 0.400. The second kappa shape index (κ2) is 2.06. The van der Waals surface area contributed by atoms with E-state index in [0.29, 0.717) is 11.5 Å². The van der Waals surface area contributed by atoms with Crippen molar-refractivity contribution in [3.8, 4) is 0 Å². The Morgan fingerprint density at radius 2 is 2.22 bits per heavy atom. The van der Waals surface area contributed by atoms with E-state index in [1.807, 2.05) is 0 Å². The third kappa shape index (κ3) is 1.02. The predicted molar refractivity (Wildman–Crippen MR) is 29.9 cm³/mol. The Morgan fingerprint density at radius 1 is 1.56 bits per heavy atom. The monoisotopic (exact) mass is 129 g/mol. The summed E-state index contributed by atoms with van der Waals surface area (Å²) in [6.07, 6.45) is 0. The Hall–Kier alpha value is -1.03. The summed E-state index contributed by atoms with van der Waals surface area (Å²) in [7, 11) is 0. The molecule has 50 valence electrons. The molecule has 0 radical (unpaired) electrons. The first-order valence-corrected chi connectivity index (χ1v) is 2.53. The molecule has 9 heavy (non-hydrogen) atoms. The Balaban J connectivity index is 3.16. The van der Waals surface area contributed by atoms with Gasteiger partial charge in [0, 0.05) is 0 Å². The zero-order valence-electron chi connectivity index (χ0n) is 5.01. The lowest BCUT2D eigenvalue weighted by molar-refractivity contribution is 0.369. The molecule has 1 aromatic heterocycles. The Kier molecular flexibility index (Phi) is 1.40. The van der Waals surface area contributed by atoms with Gasteiger partial charge >= 0.3 is 5.82 Å². The lowest BCUT2D eigenvalue weighted by atomic mass is 10.4. The number of aryl methyl sites for hydroxylation is 1. The van der Waals surface area contributed by atoms with Gasteiger partial charge in [-0.1, -0.05) is 0 Å². The molecular weight excluding hydrogens is 122 g/mol. The number of hydrogen-bond acceptors (Lipinski definition) is 4. The van der Waals surface area contributed by atoms with Gasteiger partial charge in [-0.05, 0) is 6.92 Å². The molecule has 0 aliphatic carbocycles. The number of rotatable bonds is 1. The molecule has 0 unspecified atom stereocenters. The first-order chi connectivity index (χ1) is 4.24. The summed E-state index contributed by atoms with van der Waals surface area (Å²) in [6.45, 7) is 1.84. The quantitative estimate of drug-likeness (QED) is 0.579. The van der Waals surface area contributed by atoms with Gasteiger partial charge in [-0.25, -0.2) is 4.79 Å². The van der Waals surface area contributed by atoms with E-state index in [9.17, 15) is 4.79 Å². The van der Waals surface area contributed by atoms with Crippen LogP contribution in [0.15, 0.2) is 13.6 Å². The fourth-order valence-corrected chi connectivity index (χ4v) is 0.561. The molecule has 0 spiro atoms. The van der Waals surface area contributed by atoms with Crippen molar-refractivity contribution in [1.82, 2.24) is 0 Å². The van der Waals surface area contributed by atoms with Crippen molar-refractivity contribution in [2.24, 2.45) is 5.73 Å². The van der Waals surface area contributed by atoms with Crippen molar-refractivity contribution in [3.63, 3.8) is 0 Å². The van der Waals surface area contributed by atoms with Crippen LogP contribution in [0, 0.1) is 6.92 Å². The molecule has 2 N–H and O–H groups in total. The SMILES string of the molecule is Cc1oc(=O)oc1CN. The van der Waals surface area contributed by atoms with Gasteiger partial charge in [0.15, 0.2) is 5.76 Å². The van der Waals surface area contributed by atoms with Crippen LogP contribution in [0.4, 0.5) is 0 Å². The molecule has 0 atom stereocenters. The van der Waals surface area contributed by atoms with Crippen LogP contribution in [-0.4, -0.2) is 0 Å². The molecule has 0 fully saturated rings. The lowest BCUT2D eigenvalue weighted by Gasteiger charge is -1.82. The smallest absolute Gasteiger partial charge is 0.396 e. The van der Waals surface area contributed by atoms with Crippen LogP contribution in [0.2, 0.25) is 0 Å². The van der Waals surface area contributed by atoms with E-state index < -0.39 is 5.82 Å². The molecule has 0 aromatic carbocycles. The molecule has 1 heterocycles. The molecule has 0 saturated heterocycles. The maximum Gasteiger partial charge on any atom is 0.519 e. The second-order valence-electron chi connectivity index (χ2n) is 1.64. The van der Waals surface area contributed by atoms with Crippen LogP contribution in [0.1, 0.15) is 11.5 Å². The summed E-state index contributed by atoms with van der Waals surface area (Å²) >= 11 is 0. The highest BCUT2D eigenvalue weighted by molar-refractivity contribution is 4.98. The minimum Gasteiger partial charge on any atom is -0.396 e. The Bertz CT molecular complexity index is 247. The highest BCUT2D eigenvalue weighted by atomic mass is 16.6. The molecule has 0 saturated carbocycles. The first kappa shape index (κ1) is 6.10. The molecule has 0 aliphatic heterocycles. The number of nitrogens with two attached hydrogens (primary N) is 1. The summed E-state index contributed by atoms with van der Waals surface area (Å²) in [4.78, 5) is 10.3. The van der Waals surface area contributed by atoms with E-state index in [-0.39, 0.29) is 6.54 Å². The van der Waals surface area contributed by atoms with Gasteiger partial charge in [-0.15, -0.1) is 0 Å². The Morgan fingerprint density at radius 3 is 2.44 bits per heavy atom. The molecule has 1 rings (SSSR count).